The molecule has 1 aromatic carbocycles. The third-order valence-corrected chi connectivity index (χ3v) is 2.10. The maximum Gasteiger partial charge on any atom is 0.124 e. The van der Waals surface area contributed by atoms with Gasteiger partial charge >= 0.3 is 0 Å². The number of rotatable bonds is 1. The maximum atomic E-state index is 9.70. The number of hydrogen-bond acceptors (Lipinski definition) is 3. The van der Waals surface area contributed by atoms with E-state index in [9.17, 15) is 5.11 Å². The number of aromatic nitrogens is 1. The lowest BCUT2D eigenvalue weighted by atomic mass is 10.0. The van der Waals surface area contributed by atoms with E-state index in [-0.39, 0.29) is 5.75 Å². The zero-order chi connectivity index (χ0) is 10.7. The van der Waals surface area contributed by atoms with Crippen LogP contribution in [-0.4, -0.2) is 10.1 Å². The molecular formula is C12H8N2O. The summed E-state index contributed by atoms with van der Waals surface area (Å²) in [7, 11) is 0. The summed E-state index contributed by atoms with van der Waals surface area (Å²) in [6, 6.07) is 10.5. The van der Waals surface area contributed by atoms with Crippen molar-refractivity contribution in [1.29, 1.82) is 5.26 Å². The molecule has 0 radical (unpaired) electrons. The molecule has 1 heterocycles. The molecule has 3 nitrogen and oxygen atoms in total. The highest BCUT2D eigenvalue weighted by atomic mass is 16.3. The van der Waals surface area contributed by atoms with Gasteiger partial charge in [0.15, 0.2) is 0 Å². The minimum absolute atomic E-state index is 0.0991. The largest absolute Gasteiger partial charge is 0.507 e. The average molecular weight is 196 g/mol. The van der Waals surface area contributed by atoms with Gasteiger partial charge in [-0.1, -0.05) is 6.07 Å². The van der Waals surface area contributed by atoms with Gasteiger partial charge in [-0.25, -0.2) is 0 Å². The van der Waals surface area contributed by atoms with E-state index in [0.717, 1.165) is 5.56 Å². The Labute approximate surface area is 87.3 Å². The number of pyridine rings is 1. The Hall–Kier alpha value is -2.34. The Balaban J connectivity index is 2.52. The number of nitriles is 1. The quantitative estimate of drug-likeness (QED) is 0.761. The second kappa shape index (κ2) is 3.81. The smallest absolute Gasteiger partial charge is 0.124 e. The lowest BCUT2D eigenvalue weighted by Gasteiger charge is -2.03. The normalized spacial score (nSPS) is 9.53. The molecule has 1 N–H and O–H groups in total. The van der Waals surface area contributed by atoms with Crippen LogP contribution in [0.4, 0.5) is 0 Å². The Morgan fingerprint density at radius 1 is 1.27 bits per heavy atom. The van der Waals surface area contributed by atoms with Gasteiger partial charge in [0.2, 0.25) is 0 Å². The Morgan fingerprint density at radius 3 is 2.73 bits per heavy atom. The SMILES string of the molecule is N#Cc1ccc(-c2cccnc2)c(O)c1. The molecule has 72 valence electrons. The second-order valence-corrected chi connectivity index (χ2v) is 3.09. The van der Waals surface area contributed by atoms with Gasteiger partial charge in [-0.3, -0.25) is 4.98 Å². The van der Waals surface area contributed by atoms with E-state index < -0.39 is 0 Å². The standard InChI is InChI=1S/C12H8N2O/c13-7-9-3-4-11(12(15)6-9)10-2-1-5-14-8-10/h1-6,8,15H. The molecule has 0 amide bonds. The molecular weight excluding hydrogens is 188 g/mol. The summed E-state index contributed by atoms with van der Waals surface area (Å²) in [5, 5.41) is 18.3. The summed E-state index contributed by atoms with van der Waals surface area (Å²) >= 11 is 0. The first-order valence-corrected chi connectivity index (χ1v) is 4.45. The summed E-state index contributed by atoms with van der Waals surface area (Å²) in [5.41, 5.74) is 1.96. The minimum Gasteiger partial charge on any atom is -0.507 e. The van der Waals surface area contributed by atoms with Crippen molar-refractivity contribution in [1.82, 2.24) is 4.98 Å². The summed E-state index contributed by atoms with van der Waals surface area (Å²) in [6.07, 6.45) is 3.34. The molecule has 1 aromatic heterocycles. The van der Waals surface area contributed by atoms with Crippen molar-refractivity contribution in [2.45, 2.75) is 0 Å². The predicted octanol–water partition coefficient (Wildman–Crippen LogP) is 2.33. The van der Waals surface area contributed by atoms with Gasteiger partial charge in [0.05, 0.1) is 11.6 Å². The van der Waals surface area contributed by atoms with Crippen LogP contribution in [-0.2, 0) is 0 Å². The van der Waals surface area contributed by atoms with Crippen molar-refractivity contribution in [3.05, 3.63) is 48.3 Å². The predicted molar refractivity (Wildman–Crippen MR) is 56.1 cm³/mol. The highest BCUT2D eigenvalue weighted by molar-refractivity contribution is 5.70. The van der Waals surface area contributed by atoms with Crippen molar-refractivity contribution >= 4 is 0 Å². The maximum absolute atomic E-state index is 9.70. The van der Waals surface area contributed by atoms with Gasteiger partial charge in [-0.05, 0) is 24.3 Å². The fraction of sp³-hybridized carbons (Fsp3) is 0. The lowest BCUT2D eigenvalue weighted by molar-refractivity contribution is 0.477. The van der Waals surface area contributed by atoms with E-state index in [4.69, 9.17) is 5.26 Å². The Bertz CT molecular complexity index is 515. The molecule has 3 heteroatoms. The fourth-order valence-corrected chi connectivity index (χ4v) is 1.37. The van der Waals surface area contributed by atoms with E-state index in [1.54, 1.807) is 30.6 Å². The number of nitrogens with zero attached hydrogens (tertiary/aromatic N) is 2. The molecule has 0 aliphatic carbocycles. The van der Waals surface area contributed by atoms with Crippen molar-refractivity contribution < 1.29 is 5.11 Å². The first-order valence-electron chi connectivity index (χ1n) is 4.45. The molecule has 2 rings (SSSR count). The second-order valence-electron chi connectivity index (χ2n) is 3.09. The van der Waals surface area contributed by atoms with Gasteiger partial charge in [-0.2, -0.15) is 5.26 Å². The lowest BCUT2D eigenvalue weighted by Crippen LogP contribution is -1.82. The van der Waals surface area contributed by atoms with E-state index >= 15 is 0 Å². The molecule has 2 aromatic rings. The van der Waals surface area contributed by atoms with Gasteiger partial charge in [0.1, 0.15) is 5.75 Å². The van der Waals surface area contributed by atoms with Crippen LogP contribution >= 0.6 is 0 Å². The molecule has 0 saturated carbocycles. The number of hydrogen-bond donors (Lipinski definition) is 1. The molecule has 0 saturated heterocycles. The monoisotopic (exact) mass is 196 g/mol. The Morgan fingerprint density at radius 2 is 2.13 bits per heavy atom. The summed E-state index contributed by atoms with van der Waals surface area (Å²) in [5.74, 6) is 0.0991. The summed E-state index contributed by atoms with van der Waals surface area (Å²) in [6.45, 7) is 0. The van der Waals surface area contributed by atoms with Crippen LogP contribution in [0.2, 0.25) is 0 Å². The molecule has 0 aliphatic rings. The molecule has 0 unspecified atom stereocenters. The van der Waals surface area contributed by atoms with Crippen molar-refractivity contribution in [3.63, 3.8) is 0 Å². The zero-order valence-electron chi connectivity index (χ0n) is 7.88. The third kappa shape index (κ3) is 1.79. The van der Waals surface area contributed by atoms with E-state index in [1.807, 2.05) is 12.1 Å². The highest BCUT2D eigenvalue weighted by Gasteiger charge is 2.04. The zero-order valence-corrected chi connectivity index (χ0v) is 7.88. The van der Waals surface area contributed by atoms with Gasteiger partial charge in [-0.15, -0.1) is 0 Å². The number of phenols is 1. The highest BCUT2D eigenvalue weighted by Crippen LogP contribution is 2.28. The molecule has 0 aliphatic heterocycles. The summed E-state index contributed by atoms with van der Waals surface area (Å²) in [4.78, 5) is 3.97. The fourth-order valence-electron chi connectivity index (χ4n) is 1.37. The number of benzene rings is 1. The number of aromatic hydroxyl groups is 1. The first-order chi connectivity index (χ1) is 7.31. The minimum atomic E-state index is 0.0991. The van der Waals surface area contributed by atoms with Gasteiger partial charge < -0.3 is 5.11 Å². The number of phenolic OH excluding ortho intramolecular Hbond substituents is 1. The van der Waals surface area contributed by atoms with Gasteiger partial charge in [0.25, 0.3) is 0 Å². The van der Waals surface area contributed by atoms with Crippen LogP contribution < -0.4 is 0 Å². The van der Waals surface area contributed by atoms with Gasteiger partial charge in [0, 0.05) is 23.5 Å². The van der Waals surface area contributed by atoms with E-state index in [1.165, 1.54) is 6.07 Å². The summed E-state index contributed by atoms with van der Waals surface area (Å²) < 4.78 is 0. The molecule has 0 bridgehead atoms. The van der Waals surface area contributed by atoms with Crippen molar-refractivity contribution in [2.75, 3.05) is 0 Å². The molecule has 0 fully saturated rings. The molecule has 0 spiro atoms. The van der Waals surface area contributed by atoms with Crippen molar-refractivity contribution in [2.24, 2.45) is 0 Å². The molecule has 15 heavy (non-hydrogen) atoms. The Kier molecular flexibility index (Phi) is 2.34. The van der Waals surface area contributed by atoms with Crippen LogP contribution in [0.5, 0.6) is 5.75 Å². The van der Waals surface area contributed by atoms with Crippen LogP contribution in [0, 0.1) is 11.3 Å². The third-order valence-electron chi connectivity index (χ3n) is 2.10. The van der Waals surface area contributed by atoms with Crippen molar-refractivity contribution in [3.8, 4) is 22.9 Å². The topological polar surface area (TPSA) is 56.9 Å². The van der Waals surface area contributed by atoms with Crippen LogP contribution in [0.15, 0.2) is 42.7 Å². The van der Waals surface area contributed by atoms with Crippen LogP contribution in [0.3, 0.4) is 0 Å². The average Bonchev–Trinajstić information content (AvgIpc) is 2.30. The van der Waals surface area contributed by atoms with E-state index in [0.29, 0.717) is 11.1 Å². The van der Waals surface area contributed by atoms with Crippen LogP contribution in [0.1, 0.15) is 5.56 Å². The van der Waals surface area contributed by atoms with Crippen LogP contribution in [0.25, 0.3) is 11.1 Å². The first kappa shape index (κ1) is 9.22. The molecule has 0 atom stereocenters. The van der Waals surface area contributed by atoms with E-state index in [2.05, 4.69) is 4.98 Å².